The monoisotopic (exact) mass is 528 g/mol. The van der Waals surface area contributed by atoms with E-state index in [1.165, 1.54) is 6.07 Å². The zero-order valence-corrected chi connectivity index (χ0v) is 19.6. The van der Waals surface area contributed by atoms with Gasteiger partial charge in [-0.15, -0.1) is 0 Å². The molecule has 0 saturated carbocycles. The van der Waals surface area contributed by atoms with Crippen LogP contribution in [0.25, 0.3) is 0 Å². The summed E-state index contributed by atoms with van der Waals surface area (Å²) in [6.45, 7) is 0.520. The third-order valence-corrected chi connectivity index (χ3v) is 6.83. The van der Waals surface area contributed by atoms with Crippen LogP contribution in [0.2, 0.25) is 0 Å². The van der Waals surface area contributed by atoms with Crippen LogP contribution in [0.3, 0.4) is 0 Å². The fraction of sp³-hybridized carbons (Fsp3) is 0.182. The van der Waals surface area contributed by atoms with Gasteiger partial charge in [-0.2, -0.15) is 20.5 Å². The third kappa shape index (κ3) is 7.35. The van der Waals surface area contributed by atoms with Crippen LogP contribution in [0.1, 0.15) is 16.7 Å². The van der Waals surface area contributed by atoms with Gasteiger partial charge in [-0.1, -0.05) is 48.5 Å². The minimum atomic E-state index is -5.00. The van der Waals surface area contributed by atoms with Gasteiger partial charge in [0.05, 0.1) is 4.47 Å². The van der Waals surface area contributed by atoms with Crippen LogP contribution in [-0.4, -0.2) is 11.1 Å². The van der Waals surface area contributed by atoms with Crippen LogP contribution >= 0.6 is 35.3 Å². The summed E-state index contributed by atoms with van der Waals surface area (Å²) in [6, 6.07) is 22.7. The van der Waals surface area contributed by atoms with Crippen LogP contribution in [0.15, 0.2) is 77.3 Å². The first-order valence-corrected chi connectivity index (χ1v) is 12.8. The third-order valence-electron chi connectivity index (χ3n) is 4.18. The summed E-state index contributed by atoms with van der Waals surface area (Å²) in [5, 5.41) is 0. The van der Waals surface area contributed by atoms with Crippen molar-refractivity contribution < 1.29 is 27.5 Å². The molecule has 1 unspecified atom stereocenters. The number of hydrogen-bond acceptors (Lipinski definition) is 4. The van der Waals surface area contributed by atoms with Gasteiger partial charge in [0.2, 0.25) is 0 Å². The molecule has 31 heavy (non-hydrogen) atoms. The quantitative estimate of drug-likeness (QED) is 0.281. The summed E-state index contributed by atoms with van der Waals surface area (Å²) < 4.78 is 47.1. The van der Waals surface area contributed by atoms with E-state index in [2.05, 4.69) is 20.5 Å². The second-order valence-electron chi connectivity index (χ2n) is 6.61. The van der Waals surface area contributed by atoms with Gasteiger partial charge in [-0.05, 0) is 56.9 Å². The molecule has 3 rings (SSSR count). The number of hydrogen-bond donors (Lipinski definition) is 1. The lowest BCUT2D eigenvalue weighted by molar-refractivity contribution is 0.188. The lowest BCUT2D eigenvalue weighted by Crippen LogP contribution is -2.01. The van der Waals surface area contributed by atoms with E-state index in [4.69, 9.17) is 9.63 Å². The van der Waals surface area contributed by atoms with Gasteiger partial charge in [0, 0.05) is 11.5 Å². The van der Waals surface area contributed by atoms with Crippen LogP contribution in [-0.2, 0) is 22.7 Å². The number of alkyl halides is 2. The van der Waals surface area contributed by atoms with E-state index in [1.54, 1.807) is 23.9 Å². The summed E-state index contributed by atoms with van der Waals surface area (Å²) in [5.41, 5.74) is 3.19. The first-order valence-electron chi connectivity index (χ1n) is 9.25. The minimum Gasteiger partial charge on any atom is -0.489 e. The highest BCUT2D eigenvalue weighted by molar-refractivity contribution is 9.10. The molecule has 0 radical (unpaired) electrons. The van der Waals surface area contributed by atoms with Gasteiger partial charge < -0.3 is 14.2 Å². The van der Waals surface area contributed by atoms with E-state index in [9.17, 15) is 13.3 Å². The molecular weight excluding hydrogens is 509 g/mol. The zero-order chi connectivity index (χ0) is 22.3. The number of thioether (sulfide) groups is 1. The van der Waals surface area contributed by atoms with Gasteiger partial charge in [0.15, 0.2) is 0 Å². The number of halogens is 3. The Morgan fingerprint density at radius 2 is 1.58 bits per heavy atom. The fourth-order valence-electron chi connectivity index (χ4n) is 2.60. The molecule has 0 heterocycles. The maximum absolute atomic E-state index is 12.5. The van der Waals surface area contributed by atoms with Crippen molar-refractivity contribution in [3.63, 3.8) is 0 Å². The average molecular weight is 529 g/mol. The average Bonchev–Trinajstić information content (AvgIpc) is 2.75. The molecule has 0 fully saturated rings. The standard InChI is InChI=1S/C22H20BrF2O4PS/c23-20-12-18(8-11-21(20)29-30(26,27)22(24)25)15-31-14-17-6-9-19(10-7-17)28-13-16-4-2-1-3-5-16/h1-12,22H,13-15H2,(H,26,27). The predicted octanol–water partition coefficient (Wildman–Crippen LogP) is 7.25. The number of rotatable bonds is 10. The van der Waals surface area contributed by atoms with Crippen LogP contribution in [0.4, 0.5) is 8.78 Å². The molecule has 4 nitrogen and oxygen atoms in total. The zero-order valence-electron chi connectivity index (χ0n) is 16.3. The molecule has 164 valence electrons. The Hall–Kier alpha value is -1.86. The van der Waals surface area contributed by atoms with Crippen LogP contribution in [0.5, 0.6) is 11.5 Å². The summed E-state index contributed by atoms with van der Waals surface area (Å²) in [6.07, 6.45) is -3.45. The normalized spacial score (nSPS) is 13.1. The van der Waals surface area contributed by atoms with Crippen molar-refractivity contribution in [2.75, 3.05) is 0 Å². The molecule has 3 aromatic carbocycles. The van der Waals surface area contributed by atoms with Crippen molar-refractivity contribution in [1.82, 2.24) is 0 Å². The Kier molecular flexibility index (Phi) is 8.55. The predicted molar refractivity (Wildman–Crippen MR) is 123 cm³/mol. The van der Waals surface area contributed by atoms with Gasteiger partial charge in [0.1, 0.15) is 18.1 Å². The van der Waals surface area contributed by atoms with Crippen LogP contribution < -0.4 is 9.26 Å². The van der Waals surface area contributed by atoms with Gasteiger partial charge in [-0.3, -0.25) is 0 Å². The van der Waals surface area contributed by atoms with E-state index >= 15 is 0 Å². The SMILES string of the molecule is O=P(O)(Oc1ccc(CSCc2ccc(OCc3ccccc3)cc2)cc1Br)C(F)F. The lowest BCUT2D eigenvalue weighted by atomic mass is 10.2. The second kappa shape index (κ2) is 11.1. The van der Waals surface area contributed by atoms with Crippen molar-refractivity contribution in [2.45, 2.75) is 24.3 Å². The topological polar surface area (TPSA) is 55.8 Å². The Morgan fingerprint density at radius 1 is 0.935 bits per heavy atom. The smallest absolute Gasteiger partial charge is 0.442 e. The highest BCUT2D eigenvalue weighted by Crippen LogP contribution is 2.50. The Bertz CT molecular complexity index is 1040. The van der Waals surface area contributed by atoms with Crippen molar-refractivity contribution in [3.8, 4) is 11.5 Å². The van der Waals surface area contributed by atoms with Gasteiger partial charge in [0.25, 0.3) is 0 Å². The second-order valence-corrected chi connectivity index (χ2v) is 10.1. The maximum atomic E-state index is 12.5. The Balaban J connectivity index is 1.47. The van der Waals surface area contributed by atoms with Gasteiger partial charge in [-0.25, -0.2) is 4.57 Å². The van der Waals surface area contributed by atoms with E-state index in [1.807, 2.05) is 54.6 Å². The minimum absolute atomic E-state index is 0.0917. The molecule has 0 aliphatic heterocycles. The Labute approximate surface area is 192 Å². The number of benzene rings is 3. The summed E-state index contributed by atoms with van der Waals surface area (Å²) in [5.74, 6) is 2.18. The molecule has 1 N–H and O–H groups in total. The molecule has 0 aliphatic carbocycles. The molecule has 0 saturated heterocycles. The largest absolute Gasteiger partial charge is 0.489 e. The fourth-order valence-corrected chi connectivity index (χ4v) is 4.70. The highest BCUT2D eigenvalue weighted by atomic mass is 79.9. The molecule has 0 spiro atoms. The van der Waals surface area contributed by atoms with Crippen LogP contribution in [0, 0.1) is 0 Å². The lowest BCUT2D eigenvalue weighted by Gasteiger charge is -2.14. The molecule has 0 aromatic heterocycles. The van der Waals surface area contributed by atoms with E-state index in [-0.39, 0.29) is 5.75 Å². The number of ether oxygens (including phenoxy) is 1. The van der Waals surface area contributed by atoms with E-state index in [0.717, 1.165) is 28.2 Å². The van der Waals surface area contributed by atoms with E-state index < -0.39 is 13.8 Å². The summed E-state index contributed by atoms with van der Waals surface area (Å²) in [4.78, 5) is 9.17. The molecule has 9 heteroatoms. The summed E-state index contributed by atoms with van der Waals surface area (Å²) >= 11 is 4.88. The van der Waals surface area contributed by atoms with Crippen molar-refractivity contribution in [2.24, 2.45) is 0 Å². The van der Waals surface area contributed by atoms with Crippen molar-refractivity contribution in [3.05, 3.63) is 94.0 Å². The van der Waals surface area contributed by atoms with Gasteiger partial charge >= 0.3 is 13.8 Å². The Morgan fingerprint density at radius 3 is 2.23 bits per heavy atom. The van der Waals surface area contributed by atoms with Crippen molar-refractivity contribution in [1.29, 1.82) is 0 Å². The first kappa shape index (κ1) is 23.8. The van der Waals surface area contributed by atoms with Crippen molar-refractivity contribution >= 4 is 35.3 Å². The molecule has 1 atom stereocenters. The molecule has 0 bridgehead atoms. The van der Waals surface area contributed by atoms with E-state index in [0.29, 0.717) is 16.8 Å². The first-order chi connectivity index (χ1) is 14.8. The molecular formula is C22H20BrF2O4PS. The molecule has 0 amide bonds. The molecule has 3 aromatic rings. The highest BCUT2D eigenvalue weighted by Gasteiger charge is 2.34. The summed E-state index contributed by atoms with van der Waals surface area (Å²) in [7, 11) is -5.00. The molecule has 0 aliphatic rings. The maximum Gasteiger partial charge on any atom is 0.442 e.